The molecule has 0 N–H and O–H groups in total. The normalized spacial score (nSPS) is 17.4. The molecule has 2 aromatic rings. The second kappa shape index (κ2) is 10.5. The number of likely N-dealkylation sites (tertiary alicyclic amines) is 1. The number of carbonyl (C=O) groups is 1. The van der Waals surface area contributed by atoms with Crippen LogP contribution in [0.1, 0.15) is 37.6 Å². The second-order valence-corrected chi connectivity index (χ2v) is 8.10. The number of amides is 1. The van der Waals surface area contributed by atoms with Crippen LogP contribution in [0.3, 0.4) is 0 Å². The number of imidazole rings is 1. The summed E-state index contributed by atoms with van der Waals surface area (Å²) in [5.41, 5.74) is 1.17. The van der Waals surface area contributed by atoms with E-state index in [1.54, 1.807) is 6.20 Å². The summed E-state index contributed by atoms with van der Waals surface area (Å²) in [5, 5.41) is 0. The Morgan fingerprint density at radius 1 is 1.28 bits per heavy atom. The Kier molecular flexibility index (Phi) is 7.81. The first-order valence-electron chi connectivity index (χ1n) is 10.8. The van der Waals surface area contributed by atoms with Crippen LogP contribution in [0.5, 0.6) is 0 Å². The maximum Gasteiger partial charge on any atom is 0.224 e. The molecule has 0 spiro atoms. The predicted molar refractivity (Wildman–Crippen MR) is 113 cm³/mol. The van der Waals surface area contributed by atoms with Gasteiger partial charge in [0.1, 0.15) is 11.6 Å². The zero-order valence-corrected chi connectivity index (χ0v) is 17.7. The number of aromatic nitrogens is 2. The number of aryl methyl sites for hydroxylation is 2. The third-order valence-corrected chi connectivity index (χ3v) is 5.88. The summed E-state index contributed by atoms with van der Waals surface area (Å²) in [7, 11) is 1.93. The zero-order valence-electron chi connectivity index (χ0n) is 17.7. The van der Waals surface area contributed by atoms with Crippen molar-refractivity contribution in [1.82, 2.24) is 19.4 Å². The first-order valence-corrected chi connectivity index (χ1v) is 10.8. The van der Waals surface area contributed by atoms with E-state index in [9.17, 15) is 9.18 Å². The molecule has 5 nitrogen and oxygen atoms in total. The standard InChI is InChI=1S/C23H33FN4O/c1-3-22-25-12-16-28(22)15-11-23(29)26(2)17-20-5-4-13-27(18-20)14-10-19-6-8-21(24)9-7-19/h6-9,12,16,20H,3-5,10-11,13-15,17-18H2,1-2H3. The molecule has 0 bridgehead atoms. The molecule has 2 heterocycles. The summed E-state index contributed by atoms with van der Waals surface area (Å²) in [5.74, 6) is 1.57. The first-order chi connectivity index (χ1) is 14.0. The Hall–Kier alpha value is -2.21. The molecule has 6 heteroatoms. The molecule has 1 aromatic heterocycles. The fourth-order valence-electron chi connectivity index (χ4n) is 4.20. The Morgan fingerprint density at radius 3 is 2.83 bits per heavy atom. The average Bonchev–Trinajstić information content (AvgIpc) is 3.19. The van der Waals surface area contributed by atoms with Crippen LogP contribution in [-0.4, -0.2) is 58.5 Å². The van der Waals surface area contributed by atoms with Crippen LogP contribution in [0.15, 0.2) is 36.7 Å². The van der Waals surface area contributed by atoms with Crippen molar-refractivity contribution in [1.29, 1.82) is 0 Å². The monoisotopic (exact) mass is 400 g/mol. The van der Waals surface area contributed by atoms with Gasteiger partial charge in [-0.05, 0) is 49.4 Å². The summed E-state index contributed by atoms with van der Waals surface area (Å²) in [6, 6.07) is 6.80. The lowest BCUT2D eigenvalue weighted by molar-refractivity contribution is -0.130. The van der Waals surface area contributed by atoms with Crippen molar-refractivity contribution in [2.75, 3.05) is 33.2 Å². The fraction of sp³-hybridized carbons (Fsp3) is 0.565. The van der Waals surface area contributed by atoms with E-state index in [0.29, 0.717) is 18.9 Å². The number of carbonyl (C=O) groups excluding carboxylic acids is 1. The number of benzene rings is 1. The largest absolute Gasteiger partial charge is 0.345 e. The van der Waals surface area contributed by atoms with E-state index in [4.69, 9.17) is 0 Å². The van der Waals surface area contributed by atoms with Crippen LogP contribution in [-0.2, 0) is 24.2 Å². The summed E-state index contributed by atoms with van der Waals surface area (Å²) in [6.45, 7) is 6.71. The highest BCUT2D eigenvalue weighted by atomic mass is 19.1. The van der Waals surface area contributed by atoms with Crippen molar-refractivity contribution < 1.29 is 9.18 Å². The van der Waals surface area contributed by atoms with Gasteiger partial charge in [0.25, 0.3) is 0 Å². The minimum atomic E-state index is -0.182. The van der Waals surface area contributed by atoms with Crippen molar-refractivity contribution in [2.45, 2.75) is 45.6 Å². The predicted octanol–water partition coefficient (Wildman–Crippen LogP) is 3.39. The van der Waals surface area contributed by atoms with Gasteiger partial charge in [0.15, 0.2) is 0 Å². The second-order valence-electron chi connectivity index (χ2n) is 8.10. The number of hydrogen-bond donors (Lipinski definition) is 0. The molecule has 29 heavy (non-hydrogen) atoms. The van der Waals surface area contributed by atoms with Crippen molar-refractivity contribution in [3.63, 3.8) is 0 Å². The van der Waals surface area contributed by atoms with Gasteiger partial charge in [0.05, 0.1) is 0 Å². The molecule has 1 aliphatic rings. The van der Waals surface area contributed by atoms with E-state index in [0.717, 1.165) is 44.8 Å². The lowest BCUT2D eigenvalue weighted by Gasteiger charge is -2.34. The molecule has 3 rings (SSSR count). The van der Waals surface area contributed by atoms with Gasteiger partial charge >= 0.3 is 0 Å². The van der Waals surface area contributed by atoms with E-state index in [-0.39, 0.29) is 11.7 Å². The Bertz CT molecular complexity index is 773. The Balaban J connectivity index is 1.41. The van der Waals surface area contributed by atoms with Crippen molar-refractivity contribution >= 4 is 5.91 Å². The van der Waals surface area contributed by atoms with Gasteiger partial charge in [-0.1, -0.05) is 19.1 Å². The number of halogens is 1. The topological polar surface area (TPSA) is 41.4 Å². The number of piperidine rings is 1. The van der Waals surface area contributed by atoms with Crippen molar-refractivity contribution in [3.05, 3.63) is 53.9 Å². The molecule has 1 aromatic carbocycles. The molecule has 1 fully saturated rings. The lowest BCUT2D eigenvalue weighted by Crippen LogP contribution is -2.42. The zero-order chi connectivity index (χ0) is 20.6. The number of hydrogen-bond acceptors (Lipinski definition) is 3. The summed E-state index contributed by atoms with van der Waals surface area (Å²) < 4.78 is 15.1. The molecule has 1 unspecified atom stereocenters. The molecule has 1 atom stereocenters. The first kappa shape index (κ1) is 21.5. The molecular formula is C23H33FN4O. The SMILES string of the molecule is CCc1nccn1CCC(=O)N(C)CC1CCCN(CCc2ccc(F)cc2)C1. The molecule has 158 valence electrons. The highest BCUT2D eigenvalue weighted by Crippen LogP contribution is 2.18. The molecule has 0 saturated carbocycles. The van der Waals surface area contributed by atoms with Gasteiger partial charge in [-0.2, -0.15) is 0 Å². The quantitative estimate of drug-likeness (QED) is 0.648. The van der Waals surface area contributed by atoms with Crippen LogP contribution in [0, 0.1) is 11.7 Å². The maximum atomic E-state index is 13.0. The maximum absolute atomic E-state index is 13.0. The highest BCUT2D eigenvalue weighted by molar-refractivity contribution is 5.75. The minimum absolute atomic E-state index is 0.182. The van der Waals surface area contributed by atoms with E-state index < -0.39 is 0 Å². The van der Waals surface area contributed by atoms with Gasteiger partial charge in [-0.25, -0.2) is 9.37 Å². The molecule has 1 saturated heterocycles. The third-order valence-electron chi connectivity index (χ3n) is 5.88. The summed E-state index contributed by atoms with van der Waals surface area (Å²) in [6.07, 6.45) is 8.43. The Morgan fingerprint density at radius 2 is 2.07 bits per heavy atom. The van der Waals surface area contributed by atoms with Crippen LogP contribution in [0.25, 0.3) is 0 Å². The number of rotatable bonds is 9. The minimum Gasteiger partial charge on any atom is -0.345 e. The van der Waals surface area contributed by atoms with Gasteiger partial charge in [0, 0.05) is 58.5 Å². The molecular weight excluding hydrogens is 367 g/mol. The van der Waals surface area contributed by atoms with Crippen LogP contribution in [0.2, 0.25) is 0 Å². The van der Waals surface area contributed by atoms with Gasteiger partial charge in [-0.15, -0.1) is 0 Å². The molecule has 1 aliphatic heterocycles. The Labute approximate surface area is 173 Å². The van der Waals surface area contributed by atoms with Crippen molar-refractivity contribution in [2.24, 2.45) is 5.92 Å². The molecule has 0 radical (unpaired) electrons. The lowest BCUT2D eigenvalue weighted by atomic mass is 9.97. The fourth-order valence-corrected chi connectivity index (χ4v) is 4.20. The molecule has 1 amide bonds. The van der Waals surface area contributed by atoms with Gasteiger partial charge in [-0.3, -0.25) is 4.79 Å². The van der Waals surface area contributed by atoms with Crippen molar-refractivity contribution in [3.8, 4) is 0 Å². The van der Waals surface area contributed by atoms with Crippen LogP contribution >= 0.6 is 0 Å². The smallest absolute Gasteiger partial charge is 0.224 e. The highest BCUT2D eigenvalue weighted by Gasteiger charge is 2.22. The van der Waals surface area contributed by atoms with Gasteiger partial charge in [0.2, 0.25) is 5.91 Å². The van der Waals surface area contributed by atoms with E-state index in [1.165, 1.54) is 30.5 Å². The van der Waals surface area contributed by atoms with Crippen LogP contribution < -0.4 is 0 Å². The third kappa shape index (κ3) is 6.39. The van der Waals surface area contributed by atoms with Gasteiger partial charge < -0.3 is 14.4 Å². The summed E-state index contributed by atoms with van der Waals surface area (Å²) in [4.78, 5) is 21.3. The van der Waals surface area contributed by atoms with E-state index in [2.05, 4.69) is 21.4 Å². The van der Waals surface area contributed by atoms with Crippen LogP contribution in [0.4, 0.5) is 4.39 Å². The average molecular weight is 401 g/mol. The summed E-state index contributed by atoms with van der Waals surface area (Å²) >= 11 is 0. The van der Waals surface area contributed by atoms with E-state index in [1.807, 2.05) is 30.3 Å². The number of nitrogens with zero attached hydrogens (tertiary/aromatic N) is 4. The van der Waals surface area contributed by atoms with E-state index >= 15 is 0 Å². The molecule has 0 aliphatic carbocycles.